The maximum Gasteiger partial charge on any atom is 0.233 e. The Bertz CT molecular complexity index is 784. The van der Waals surface area contributed by atoms with Gasteiger partial charge in [0.2, 0.25) is 11.0 Å². The fraction of sp³-hybridized carbons (Fsp3) is 0.167. The van der Waals surface area contributed by atoms with Crippen LogP contribution >= 0.6 is 23.1 Å². The van der Waals surface area contributed by atoms with E-state index in [-0.39, 0.29) is 11.9 Å². The van der Waals surface area contributed by atoms with Crippen molar-refractivity contribution in [3.63, 3.8) is 0 Å². The molecule has 0 aliphatic rings. The topological polar surface area (TPSA) is 72.1 Å². The normalized spacial score (nSPS) is 10.8. The zero-order valence-corrected chi connectivity index (χ0v) is 15.3. The van der Waals surface area contributed by atoms with Crippen molar-refractivity contribution in [3.8, 4) is 0 Å². The lowest BCUT2D eigenvalue weighted by Gasteiger charge is -2.29. The summed E-state index contributed by atoms with van der Waals surface area (Å²) in [7, 11) is 1.84. The molecule has 3 aromatic rings. The summed E-state index contributed by atoms with van der Waals surface area (Å²) in [5.41, 5.74) is 7.74. The van der Waals surface area contributed by atoms with Gasteiger partial charge in [-0.1, -0.05) is 83.8 Å². The number of anilines is 1. The van der Waals surface area contributed by atoms with E-state index in [1.165, 1.54) is 23.1 Å². The van der Waals surface area contributed by atoms with Crippen LogP contribution in [0.5, 0.6) is 0 Å². The van der Waals surface area contributed by atoms with E-state index in [0.717, 1.165) is 11.1 Å². The largest absolute Gasteiger partial charge is 0.374 e. The molecule has 128 valence electrons. The van der Waals surface area contributed by atoms with Gasteiger partial charge in [0.15, 0.2) is 4.34 Å². The predicted octanol–water partition coefficient (Wildman–Crippen LogP) is 3.46. The van der Waals surface area contributed by atoms with Crippen LogP contribution in [0.15, 0.2) is 65.0 Å². The third kappa shape index (κ3) is 4.37. The monoisotopic (exact) mass is 370 g/mol. The first-order chi connectivity index (χ1) is 12.1. The van der Waals surface area contributed by atoms with Gasteiger partial charge in [-0.3, -0.25) is 4.79 Å². The highest BCUT2D eigenvalue weighted by molar-refractivity contribution is 8.01. The molecule has 0 radical (unpaired) electrons. The van der Waals surface area contributed by atoms with Crippen molar-refractivity contribution in [1.82, 2.24) is 15.1 Å². The molecule has 0 fully saturated rings. The summed E-state index contributed by atoms with van der Waals surface area (Å²) in [6, 6.07) is 19.9. The van der Waals surface area contributed by atoms with E-state index in [2.05, 4.69) is 10.2 Å². The van der Waals surface area contributed by atoms with Crippen LogP contribution in [0.25, 0.3) is 0 Å². The molecule has 0 unspecified atom stereocenters. The summed E-state index contributed by atoms with van der Waals surface area (Å²) < 4.78 is 0.704. The number of rotatable bonds is 6. The number of thioether (sulfide) groups is 1. The van der Waals surface area contributed by atoms with E-state index >= 15 is 0 Å². The number of hydrogen-bond acceptors (Lipinski definition) is 6. The molecule has 1 aromatic heterocycles. The average molecular weight is 371 g/mol. The molecule has 3 rings (SSSR count). The minimum atomic E-state index is -0.130. The predicted molar refractivity (Wildman–Crippen MR) is 103 cm³/mol. The zero-order valence-electron chi connectivity index (χ0n) is 13.7. The van der Waals surface area contributed by atoms with Crippen LogP contribution in [0.2, 0.25) is 0 Å². The molecule has 1 heterocycles. The van der Waals surface area contributed by atoms with Gasteiger partial charge < -0.3 is 10.6 Å². The van der Waals surface area contributed by atoms with Gasteiger partial charge in [-0.15, -0.1) is 10.2 Å². The Morgan fingerprint density at radius 1 is 1.08 bits per heavy atom. The lowest BCUT2D eigenvalue weighted by atomic mass is 9.97. The number of carbonyl (C=O) groups is 1. The number of carbonyl (C=O) groups excluding carboxylic acids is 1. The number of aromatic nitrogens is 2. The Morgan fingerprint density at radius 2 is 1.64 bits per heavy atom. The second kappa shape index (κ2) is 8.13. The number of hydrogen-bond donors (Lipinski definition) is 1. The van der Waals surface area contributed by atoms with Gasteiger partial charge >= 0.3 is 0 Å². The van der Waals surface area contributed by atoms with Gasteiger partial charge in [0.05, 0.1) is 11.8 Å². The fourth-order valence-electron chi connectivity index (χ4n) is 2.56. The van der Waals surface area contributed by atoms with Crippen LogP contribution in [-0.4, -0.2) is 33.8 Å². The lowest BCUT2D eigenvalue weighted by molar-refractivity contribution is -0.128. The smallest absolute Gasteiger partial charge is 0.233 e. The van der Waals surface area contributed by atoms with E-state index in [1.54, 1.807) is 4.90 Å². The molecule has 25 heavy (non-hydrogen) atoms. The van der Waals surface area contributed by atoms with Gasteiger partial charge in [-0.2, -0.15) is 0 Å². The van der Waals surface area contributed by atoms with Crippen molar-refractivity contribution < 1.29 is 4.79 Å². The van der Waals surface area contributed by atoms with Crippen LogP contribution in [0.3, 0.4) is 0 Å². The molecular formula is C18H18N4OS2. The van der Waals surface area contributed by atoms with Crippen molar-refractivity contribution in [3.05, 3.63) is 71.8 Å². The molecule has 2 aromatic carbocycles. The SMILES string of the molecule is CN(C(=O)CSc1nnc(N)s1)C(c1ccccc1)c1ccccc1. The highest BCUT2D eigenvalue weighted by Crippen LogP contribution is 2.29. The molecule has 0 saturated carbocycles. The minimum Gasteiger partial charge on any atom is -0.374 e. The number of nitrogen functional groups attached to an aromatic ring is 1. The van der Waals surface area contributed by atoms with Gasteiger partial charge in [0.1, 0.15) is 0 Å². The highest BCUT2D eigenvalue weighted by atomic mass is 32.2. The molecular weight excluding hydrogens is 352 g/mol. The van der Waals surface area contributed by atoms with E-state index in [9.17, 15) is 4.79 Å². The first kappa shape index (κ1) is 17.4. The van der Waals surface area contributed by atoms with Gasteiger partial charge in [-0.05, 0) is 11.1 Å². The third-order valence-electron chi connectivity index (χ3n) is 3.75. The van der Waals surface area contributed by atoms with Crippen molar-refractivity contribution in [2.75, 3.05) is 18.5 Å². The van der Waals surface area contributed by atoms with Crippen molar-refractivity contribution >= 4 is 34.1 Å². The summed E-state index contributed by atoms with van der Waals surface area (Å²) in [4.78, 5) is 14.5. The second-order valence-electron chi connectivity index (χ2n) is 5.42. The van der Waals surface area contributed by atoms with Crippen molar-refractivity contribution in [2.24, 2.45) is 0 Å². The van der Waals surface area contributed by atoms with Crippen LogP contribution in [-0.2, 0) is 4.79 Å². The Balaban J connectivity index is 1.79. The van der Waals surface area contributed by atoms with E-state index < -0.39 is 0 Å². The molecule has 5 nitrogen and oxygen atoms in total. The van der Waals surface area contributed by atoms with Crippen LogP contribution in [0, 0.1) is 0 Å². The van der Waals surface area contributed by atoms with Crippen LogP contribution in [0.1, 0.15) is 17.2 Å². The second-order valence-corrected chi connectivity index (χ2v) is 7.65. The van der Waals surface area contributed by atoms with Gasteiger partial charge in [0, 0.05) is 7.05 Å². The first-order valence-corrected chi connectivity index (χ1v) is 9.52. The molecule has 0 aliphatic carbocycles. The Labute approximate surface area is 154 Å². The highest BCUT2D eigenvalue weighted by Gasteiger charge is 2.23. The van der Waals surface area contributed by atoms with Gasteiger partial charge in [-0.25, -0.2) is 0 Å². The Hall–Kier alpha value is -2.38. The zero-order chi connectivity index (χ0) is 17.6. The maximum atomic E-state index is 12.7. The Kier molecular flexibility index (Phi) is 5.67. The number of amides is 1. The molecule has 0 saturated heterocycles. The summed E-state index contributed by atoms with van der Waals surface area (Å²) >= 11 is 2.65. The molecule has 7 heteroatoms. The Morgan fingerprint density at radius 3 is 2.12 bits per heavy atom. The number of nitrogens with two attached hydrogens (primary N) is 1. The minimum absolute atomic E-state index is 0.0245. The summed E-state index contributed by atoms with van der Waals surface area (Å²) in [6.45, 7) is 0. The van der Waals surface area contributed by atoms with E-state index in [0.29, 0.717) is 15.2 Å². The summed E-state index contributed by atoms with van der Waals surface area (Å²) in [5.74, 6) is 0.317. The third-order valence-corrected chi connectivity index (χ3v) is 5.62. The fourth-order valence-corrected chi connectivity index (χ4v) is 4.12. The molecule has 2 N–H and O–H groups in total. The number of nitrogens with zero attached hydrogens (tertiary/aromatic N) is 3. The van der Waals surface area contributed by atoms with Crippen LogP contribution < -0.4 is 5.73 Å². The van der Waals surface area contributed by atoms with E-state index in [4.69, 9.17) is 5.73 Å². The summed E-state index contributed by atoms with van der Waals surface area (Å²) in [6.07, 6.45) is 0. The molecule has 0 spiro atoms. The molecule has 0 aliphatic heterocycles. The van der Waals surface area contributed by atoms with Gasteiger partial charge in [0.25, 0.3) is 0 Å². The van der Waals surface area contributed by atoms with Crippen LogP contribution in [0.4, 0.5) is 5.13 Å². The summed E-state index contributed by atoms with van der Waals surface area (Å²) in [5, 5.41) is 8.13. The quantitative estimate of drug-likeness (QED) is 0.673. The molecule has 0 atom stereocenters. The lowest BCUT2D eigenvalue weighted by Crippen LogP contribution is -2.33. The number of benzene rings is 2. The van der Waals surface area contributed by atoms with Crippen molar-refractivity contribution in [1.29, 1.82) is 0 Å². The first-order valence-electron chi connectivity index (χ1n) is 7.72. The van der Waals surface area contributed by atoms with Crippen molar-refractivity contribution in [2.45, 2.75) is 10.4 Å². The molecule has 0 bridgehead atoms. The van der Waals surface area contributed by atoms with E-state index in [1.807, 2.05) is 67.7 Å². The standard InChI is InChI=1S/C18H18N4OS2/c1-22(15(23)12-24-18-21-20-17(19)25-18)16(13-8-4-2-5-9-13)14-10-6-3-7-11-14/h2-11,16H,12H2,1H3,(H2,19,20). The molecule has 1 amide bonds. The average Bonchev–Trinajstić information content (AvgIpc) is 3.07. The maximum absolute atomic E-state index is 12.7.